The maximum Gasteiger partial charge on any atom is 0.282 e. The number of fused-ring (bicyclic) bond motifs is 2. The summed E-state index contributed by atoms with van der Waals surface area (Å²) in [6.45, 7) is 2.61. The average molecular weight is 742 g/mol. The van der Waals surface area contributed by atoms with Crippen molar-refractivity contribution in [3.63, 3.8) is 0 Å². The molecule has 0 radical (unpaired) electrons. The van der Waals surface area contributed by atoms with E-state index in [0.717, 1.165) is 10.9 Å². The van der Waals surface area contributed by atoms with Gasteiger partial charge >= 0.3 is 0 Å². The Hall–Kier alpha value is -3.63. The second kappa shape index (κ2) is 12.5. The Balaban J connectivity index is 1.43. The molecule has 11 heteroatoms. The second-order valence-electron chi connectivity index (χ2n) is 9.38. The number of hydrogen-bond donors (Lipinski definition) is 0. The van der Waals surface area contributed by atoms with Gasteiger partial charge in [-0.15, -0.1) is 0 Å². The average Bonchev–Trinajstić information content (AvgIpc) is 3.43. The molecule has 0 unspecified atom stereocenters. The van der Waals surface area contributed by atoms with E-state index in [9.17, 15) is 4.79 Å². The molecule has 6 rings (SSSR count). The zero-order chi connectivity index (χ0) is 30.1. The van der Waals surface area contributed by atoms with Gasteiger partial charge in [0.25, 0.3) is 5.56 Å². The molecule has 7 nitrogen and oxygen atoms in total. The third-order valence-corrected chi connectivity index (χ3v) is 9.15. The number of ether oxygens (including phenoxy) is 2. The van der Waals surface area contributed by atoms with E-state index in [-0.39, 0.29) is 11.4 Å². The van der Waals surface area contributed by atoms with Gasteiger partial charge in [0.15, 0.2) is 17.3 Å². The lowest BCUT2D eigenvalue weighted by atomic mass is 10.2. The molecular formula is C32H21Br2Cl2N3O4. The number of para-hydroxylation sites is 1. The predicted octanol–water partition coefficient (Wildman–Crippen LogP) is 9.50. The Morgan fingerprint density at radius 2 is 1.72 bits per heavy atom. The number of rotatable bonds is 8. The molecule has 0 amide bonds. The molecular weight excluding hydrogens is 721 g/mol. The summed E-state index contributed by atoms with van der Waals surface area (Å²) >= 11 is 19.5. The standard InChI is InChI=1S/C32H21Br2Cl2N3O4/c1-2-41-26-15-20(28(33)29(34)30(26)42-17-18-7-9-21(35)10-8-18)16-37-39-31(38-24-6-4-3-5-23(24)32(39)40)27-14-19-13-22(36)11-12-25(19)43-27/h3-16H,2,17H2,1H3. The highest BCUT2D eigenvalue weighted by molar-refractivity contribution is 9.13. The molecule has 0 saturated heterocycles. The van der Waals surface area contributed by atoms with Crippen LogP contribution in [0.4, 0.5) is 0 Å². The topological polar surface area (TPSA) is 78.9 Å². The molecule has 0 N–H and O–H groups in total. The SMILES string of the molecule is CCOc1cc(C=Nn2c(-c3cc4cc(Cl)ccc4o3)nc3ccccc3c2=O)c(Br)c(Br)c1OCc1ccc(Cl)cc1. The fourth-order valence-corrected chi connectivity index (χ4v) is 5.71. The third kappa shape index (κ3) is 6.08. The van der Waals surface area contributed by atoms with Gasteiger partial charge in [0, 0.05) is 25.5 Å². The second-order valence-corrected chi connectivity index (χ2v) is 11.8. The van der Waals surface area contributed by atoms with Gasteiger partial charge in [-0.05, 0) is 98.9 Å². The van der Waals surface area contributed by atoms with E-state index in [1.807, 2.05) is 37.3 Å². The van der Waals surface area contributed by atoms with Crippen LogP contribution in [-0.4, -0.2) is 22.5 Å². The van der Waals surface area contributed by atoms with E-state index >= 15 is 0 Å². The molecule has 2 heterocycles. The minimum atomic E-state index is -0.349. The lowest BCUT2D eigenvalue weighted by molar-refractivity contribution is 0.267. The van der Waals surface area contributed by atoms with Gasteiger partial charge in [0.1, 0.15) is 12.2 Å². The molecule has 0 atom stereocenters. The van der Waals surface area contributed by atoms with Crippen LogP contribution in [0.3, 0.4) is 0 Å². The Bertz CT molecular complexity index is 2070. The van der Waals surface area contributed by atoms with Crippen molar-refractivity contribution in [3.8, 4) is 23.1 Å². The number of hydrogen-bond acceptors (Lipinski definition) is 6. The van der Waals surface area contributed by atoms with Gasteiger partial charge in [-0.2, -0.15) is 9.78 Å². The molecule has 4 aromatic carbocycles. The van der Waals surface area contributed by atoms with Crippen molar-refractivity contribution in [2.75, 3.05) is 6.61 Å². The fourth-order valence-electron chi connectivity index (χ4n) is 4.47. The van der Waals surface area contributed by atoms with Crippen LogP contribution in [0.1, 0.15) is 18.1 Å². The van der Waals surface area contributed by atoms with Crippen LogP contribution >= 0.6 is 55.1 Å². The van der Waals surface area contributed by atoms with Crippen molar-refractivity contribution < 1.29 is 13.9 Å². The summed E-state index contributed by atoms with van der Waals surface area (Å²) in [5.74, 6) is 1.65. The van der Waals surface area contributed by atoms with Crippen molar-refractivity contribution in [1.82, 2.24) is 9.66 Å². The molecule has 0 aliphatic carbocycles. The van der Waals surface area contributed by atoms with Crippen molar-refractivity contribution >= 4 is 83.1 Å². The first-order chi connectivity index (χ1) is 20.8. The summed E-state index contributed by atoms with van der Waals surface area (Å²) in [7, 11) is 0. The number of nitrogens with zero attached hydrogens (tertiary/aromatic N) is 3. The minimum absolute atomic E-state index is 0.246. The summed E-state index contributed by atoms with van der Waals surface area (Å²) in [6.07, 6.45) is 1.56. The zero-order valence-electron chi connectivity index (χ0n) is 22.5. The van der Waals surface area contributed by atoms with Gasteiger partial charge in [-0.25, -0.2) is 4.98 Å². The molecule has 0 fully saturated rings. The van der Waals surface area contributed by atoms with Gasteiger partial charge < -0.3 is 13.9 Å². The predicted molar refractivity (Wildman–Crippen MR) is 178 cm³/mol. The third-order valence-electron chi connectivity index (χ3n) is 6.52. The van der Waals surface area contributed by atoms with Crippen LogP contribution < -0.4 is 15.0 Å². The van der Waals surface area contributed by atoms with Crippen LogP contribution in [0.25, 0.3) is 33.5 Å². The Labute approximate surface area is 272 Å². The maximum atomic E-state index is 13.7. The number of halogens is 4. The molecule has 0 spiro atoms. The van der Waals surface area contributed by atoms with Crippen LogP contribution in [0, 0.1) is 0 Å². The maximum absolute atomic E-state index is 13.7. The lowest BCUT2D eigenvalue weighted by Crippen LogP contribution is -2.20. The summed E-state index contributed by atoms with van der Waals surface area (Å²) < 4.78 is 20.7. The highest BCUT2D eigenvalue weighted by Gasteiger charge is 2.19. The number of aromatic nitrogens is 2. The smallest absolute Gasteiger partial charge is 0.282 e. The van der Waals surface area contributed by atoms with Gasteiger partial charge in [0.05, 0.1) is 28.2 Å². The largest absolute Gasteiger partial charge is 0.490 e. The molecule has 0 saturated carbocycles. The first-order valence-corrected chi connectivity index (χ1v) is 15.4. The quantitative estimate of drug-likeness (QED) is 0.145. The molecule has 0 aliphatic rings. The molecule has 0 bridgehead atoms. The van der Waals surface area contributed by atoms with Crippen molar-refractivity contribution in [2.45, 2.75) is 13.5 Å². The lowest BCUT2D eigenvalue weighted by Gasteiger charge is -2.16. The van der Waals surface area contributed by atoms with E-state index in [0.29, 0.717) is 71.5 Å². The molecule has 2 aromatic heterocycles. The van der Waals surface area contributed by atoms with E-state index < -0.39 is 0 Å². The zero-order valence-corrected chi connectivity index (χ0v) is 27.2. The van der Waals surface area contributed by atoms with Gasteiger partial charge in [-0.3, -0.25) is 4.79 Å². The van der Waals surface area contributed by atoms with Gasteiger partial charge in [0.2, 0.25) is 5.82 Å². The summed E-state index contributed by atoms with van der Waals surface area (Å²) in [5, 5.41) is 7.02. The Morgan fingerprint density at radius 3 is 2.51 bits per heavy atom. The normalized spacial score (nSPS) is 11.6. The number of benzene rings is 4. The highest BCUT2D eigenvalue weighted by atomic mass is 79.9. The van der Waals surface area contributed by atoms with Gasteiger partial charge in [-0.1, -0.05) is 47.5 Å². The summed E-state index contributed by atoms with van der Waals surface area (Å²) in [6, 6.07) is 23.4. The summed E-state index contributed by atoms with van der Waals surface area (Å²) in [4.78, 5) is 18.4. The highest BCUT2D eigenvalue weighted by Crippen LogP contribution is 2.43. The van der Waals surface area contributed by atoms with E-state index in [4.69, 9.17) is 42.1 Å². The Kier molecular flexibility index (Phi) is 8.59. The van der Waals surface area contributed by atoms with Crippen molar-refractivity contribution in [1.29, 1.82) is 0 Å². The van der Waals surface area contributed by atoms with E-state index in [2.05, 4.69) is 37.0 Å². The first-order valence-electron chi connectivity index (χ1n) is 13.1. The van der Waals surface area contributed by atoms with E-state index in [1.165, 1.54) is 4.68 Å². The van der Waals surface area contributed by atoms with E-state index in [1.54, 1.807) is 54.7 Å². The summed E-state index contributed by atoms with van der Waals surface area (Å²) in [5.41, 5.74) is 2.37. The van der Waals surface area contributed by atoms with Crippen LogP contribution in [0.15, 0.2) is 102 Å². The first kappa shape index (κ1) is 29.4. The van der Waals surface area contributed by atoms with Crippen molar-refractivity contribution in [2.24, 2.45) is 5.10 Å². The Morgan fingerprint density at radius 1 is 0.953 bits per heavy atom. The number of furan rings is 1. The minimum Gasteiger partial charge on any atom is -0.490 e. The van der Waals surface area contributed by atoms with Crippen LogP contribution in [-0.2, 0) is 6.61 Å². The monoisotopic (exact) mass is 739 g/mol. The van der Waals surface area contributed by atoms with Crippen molar-refractivity contribution in [3.05, 3.63) is 119 Å². The van der Waals surface area contributed by atoms with Crippen LogP contribution in [0.5, 0.6) is 11.5 Å². The van der Waals surface area contributed by atoms with Crippen LogP contribution in [0.2, 0.25) is 10.0 Å². The molecule has 0 aliphatic heterocycles. The fraction of sp³-hybridized carbons (Fsp3) is 0.0938. The molecule has 6 aromatic rings. The molecule has 216 valence electrons. The molecule has 43 heavy (non-hydrogen) atoms.